The summed E-state index contributed by atoms with van der Waals surface area (Å²) in [6.45, 7) is 0. The number of rotatable bonds is 3. The molecule has 1 aromatic heterocycles. The average molecular weight is 328 g/mol. The van der Waals surface area contributed by atoms with Gasteiger partial charge in [-0.25, -0.2) is 4.39 Å². The van der Waals surface area contributed by atoms with Crippen molar-refractivity contribution in [1.82, 2.24) is 4.57 Å². The van der Waals surface area contributed by atoms with E-state index in [0.717, 1.165) is 16.6 Å². The van der Waals surface area contributed by atoms with Crippen molar-refractivity contribution in [3.63, 3.8) is 0 Å². The van der Waals surface area contributed by atoms with Crippen molar-refractivity contribution in [3.05, 3.63) is 90.4 Å². The first-order valence-electron chi connectivity index (χ1n) is 7.78. The second kappa shape index (κ2) is 6.14. The van der Waals surface area contributed by atoms with Crippen molar-refractivity contribution >= 4 is 10.9 Å². The zero-order valence-corrected chi connectivity index (χ0v) is 13.2. The molecule has 25 heavy (non-hydrogen) atoms. The number of halogens is 1. The van der Waals surface area contributed by atoms with E-state index in [4.69, 9.17) is 10.00 Å². The monoisotopic (exact) mass is 328 g/mol. The lowest BCUT2D eigenvalue weighted by molar-refractivity contribution is 0.480. The Labute approximate surface area is 144 Å². The Balaban J connectivity index is 1.62. The number of ether oxygens (including phenoxy) is 1. The molecule has 4 heteroatoms. The molecule has 0 fully saturated rings. The number of nitrogens with zero attached hydrogens (tertiary/aromatic N) is 2. The smallest absolute Gasteiger partial charge is 0.127 e. The molecule has 0 spiro atoms. The summed E-state index contributed by atoms with van der Waals surface area (Å²) in [5.74, 6) is 0.977. The van der Waals surface area contributed by atoms with Gasteiger partial charge in [-0.1, -0.05) is 0 Å². The number of nitriles is 1. The first-order chi connectivity index (χ1) is 12.2. The average Bonchev–Trinajstić information content (AvgIpc) is 3.07. The molecule has 0 amide bonds. The van der Waals surface area contributed by atoms with Gasteiger partial charge >= 0.3 is 0 Å². The van der Waals surface area contributed by atoms with Crippen LogP contribution in [0.25, 0.3) is 16.6 Å². The van der Waals surface area contributed by atoms with Gasteiger partial charge < -0.3 is 9.30 Å². The van der Waals surface area contributed by atoms with Crippen LogP contribution >= 0.6 is 0 Å². The molecule has 0 aliphatic carbocycles. The van der Waals surface area contributed by atoms with E-state index >= 15 is 0 Å². The predicted molar refractivity (Wildman–Crippen MR) is 94.5 cm³/mol. The second-order valence-corrected chi connectivity index (χ2v) is 5.62. The van der Waals surface area contributed by atoms with Crippen molar-refractivity contribution in [2.45, 2.75) is 0 Å². The Bertz CT molecular complexity index is 1070. The molecule has 0 radical (unpaired) electrons. The summed E-state index contributed by atoms with van der Waals surface area (Å²) in [6.07, 6.45) is 1.97. The van der Waals surface area contributed by atoms with Gasteiger partial charge in [0.1, 0.15) is 17.3 Å². The first-order valence-corrected chi connectivity index (χ1v) is 7.78. The van der Waals surface area contributed by atoms with Crippen LogP contribution in [0.2, 0.25) is 0 Å². The van der Waals surface area contributed by atoms with Crippen LogP contribution in [0.4, 0.5) is 4.39 Å². The van der Waals surface area contributed by atoms with Crippen LogP contribution in [0.3, 0.4) is 0 Å². The molecule has 1 heterocycles. The summed E-state index contributed by atoms with van der Waals surface area (Å²) >= 11 is 0. The van der Waals surface area contributed by atoms with Crippen LogP contribution < -0.4 is 4.74 Å². The molecule has 0 saturated heterocycles. The topological polar surface area (TPSA) is 38.0 Å². The zero-order chi connectivity index (χ0) is 17.2. The summed E-state index contributed by atoms with van der Waals surface area (Å²) in [5.41, 5.74) is 2.67. The van der Waals surface area contributed by atoms with Gasteiger partial charge in [-0.15, -0.1) is 0 Å². The molecule has 0 aliphatic rings. The molecule has 0 atom stereocenters. The maximum Gasteiger partial charge on any atom is 0.127 e. The largest absolute Gasteiger partial charge is 0.457 e. The minimum atomic E-state index is -0.290. The third-order valence-corrected chi connectivity index (χ3v) is 3.98. The number of aromatic nitrogens is 1. The molecule has 4 rings (SSSR count). The number of fused-ring (bicyclic) bond motifs is 1. The highest BCUT2D eigenvalue weighted by molar-refractivity contribution is 5.83. The Hall–Kier alpha value is -3.58. The van der Waals surface area contributed by atoms with E-state index in [1.807, 2.05) is 54.7 Å². The normalized spacial score (nSPS) is 10.6. The summed E-state index contributed by atoms with van der Waals surface area (Å²) < 4.78 is 20.7. The third kappa shape index (κ3) is 2.96. The van der Waals surface area contributed by atoms with E-state index in [1.54, 1.807) is 12.1 Å². The van der Waals surface area contributed by atoms with Crippen molar-refractivity contribution < 1.29 is 9.13 Å². The fourth-order valence-electron chi connectivity index (χ4n) is 2.75. The van der Waals surface area contributed by atoms with E-state index in [1.165, 1.54) is 12.1 Å². The molecular weight excluding hydrogens is 315 g/mol. The van der Waals surface area contributed by atoms with Crippen LogP contribution in [0.5, 0.6) is 11.5 Å². The van der Waals surface area contributed by atoms with Crippen molar-refractivity contribution in [3.8, 4) is 23.3 Å². The van der Waals surface area contributed by atoms with Crippen molar-refractivity contribution in [2.75, 3.05) is 0 Å². The molecule has 4 aromatic rings. The fourth-order valence-corrected chi connectivity index (χ4v) is 2.75. The van der Waals surface area contributed by atoms with E-state index in [0.29, 0.717) is 17.1 Å². The lowest BCUT2D eigenvalue weighted by atomic mass is 10.2. The van der Waals surface area contributed by atoms with Crippen LogP contribution in [0.1, 0.15) is 5.56 Å². The molecule has 3 nitrogen and oxygen atoms in total. The summed E-state index contributed by atoms with van der Waals surface area (Å²) in [4.78, 5) is 0. The van der Waals surface area contributed by atoms with Crippen molar-refractivity contribution in [2.24, 2.45) is 0 Å². The quantitative estimate of drug-likeness (QED) is 0.502. The Kier molecular flexibility index (Phi) is 3.68. The van der Waals surface area contributed by atoms with Gasteiger partial charge in [0.25, 0.3) is 0 Å². The molecule has 0 unspecified atom stereocenters. The number of hydrogen-bond acceptors (Lipinski definition) is 2. The van der Waals surface area contributed by atoms with Gasteiger partial charge in [-0.3, -0.25) is 0 Å². The highest BCUT2D eigenvalue weighted by atomic mass is 19.1. The Morgan fingerprint density at radius 3 is 2.20 bits per heavy atom. The standard InChI is InChI=1S/C21H13FN2O/c22-17-2-6-19(7-3-17)25-20-8-4-18(5-9-20)24-12-11-16-13-15(14-23)1-10-21(16)24/h1-13H. The van der Waals surface area contributed by atoms with Gasteiger partial charge in [0, 0.05) is 17.3 Å². The maximum atomic E-state index is 12.9. The van der Waals surface area contributed by atoms with Crippen LogP contribution in [0.15, 0.2) is 79.0 Å². The van der Waals surface area contributed by atoms with Gasteiger partial charge in [-0.2, -0.15) is 5.26 Å². The lowest BCUT2D eigenvalue weighted by Crippen LogP contribution is -1.92. The minimum Gasteiger partial charge on any atom is -0.457 e. The van der Waals surface area contributed by atoms with E-state index in [9.17, 15) is 4.39 Å². The van der Waals surface area contributed by atoms with Gasteiger partial charge in [0.2, 0.25) is 0 Å². The molecule has 0 saturated carbocycles. The SMILES string of the molecule is N#Cc1ccc2c(ccn2-c2ccc(Oc3ccc(F)cc3)cc2)c1. The minimum absolute atomic E-state index is 0.290. The highest BCUT2D eigenvalue weighted by Crippen LogP contribution is 2.25. The predicted octanol–water partition coefficient (Wildman–Crippen LogP) is 5.43. The van der Waals surface area contributed by atoms with Crippen LogP contribution in [-0.4, -0.2) is 4.57 Å². The van der Waals surface area contributed by atoms with Gasteiger partial charge in [0.05, 0.1) is 17.1 Å². The molecular formula is C21H13FN2O. The second-order valence-electron chi connectivity index (χ2n) is 5.62. The molecule has 0 bridgehead atoms. The number of hydrogen-bond donors (Lipinski definition) is 0. The Morgan fingerprint density at radius 1 is 0.840 bits per heavy atom. The van der Waals surface area contributed by atoms with Crippen molar-refractivity contribution in [1.29, 1.82) is 5.26 Å². The summed E-state index contributed by atoms with van der Waals surface area (Å²) in [7, 11) is 0. The lowest BCUT2D eigenvalue weighted by Gasteiger charge is -2.09. The summed E-state index contributed by atoms with van der Waals surface area (Å²) in [6, 6.07) is 23.3. The molecule has 0 aliphatic heterocycles. The van der Waals surface area contributed by atoms with E-state index in [2.05, 4.69) is 10.6 Å². The first kappa shape index (κ1) is 15.0. The van der Waals surface area contributed by atoms with Gasteiger partial charge in [-0.05, 0) is 72.8 Å². The molecule has 0 N–H and O–H groups in total. The maximum absolute atomic E-state index is 12.9. The van der Waals surface area contributed by atoms with E-state index < -0.39 is 0 Å². The van der Waals surface area contributed by atoms with Gasteiger partial charge in [0.15, 0.2) is 0 Å². The van der Waals surface area contributed by atoms with Crippen LogP contribution in [-0.2, 0) is 0 Å². The molecule has 120 valence electrons. The Morgan fingerprint density at radius 2 is 1.52 bits per heavy atom. The molecule has 3 aromatic carbocycles. The van der Waals surface area contributed by atoms with E-state index in [-0.39, 0.29) is 5.82 Å². The fraction of sp³-hybridized carbons (Fsp3) is 0. The zero-order valence-electron chi connectivity index (χ0n) is 13.2. The summed E-state index contributed by atoms with van der Waals surface area (Å²) in [5, 5.41) is 10.0. The third-order valence-electron chi connectivity index (χ3n) is 3.98. The number of benzene rings is 3. The van der Waals surface area contributed by atoms with Crippen LogP contribution in [0, 0.1) is 17.1 Å². The highest BCUT2D eigenvalue weighted by Gasteiger charge is 2.05.